The van der Waals surface area contributed by atoms with Crippen LogP contribution in [-0.2, 0) is 0 Å². The van der Waals surface area contributed by atoms with Crippen LogP contribution in [0.4, 0.5) is 0 Å². The van der Waals surface area contributed by atoms with E-state index in [1.54, 1.807) is 11.9 Å². The summed E-state index contributed by atoms with van der Waals surface area (Å²) < 4.78 is 2.28. The minimum Gasteiger partial charge on any atom is -0.313 e. The van der Waals surface area contributed by atoms with Crippen molar-refractivity contribution in [1.29, 1.82) is 0 Å². The third-order valence-corrected chi connectivity index (χ3v) is 6.11. The number of hydrogen-bond donors (Lipinski definition) is 1. The maximum absolute atomic E-state index is 4.54. The SMILES string of the molecule is C=C/C=C\C(=C/C)Sn1cc(C2=CCNCC2)c2cc(-c3ccccn3)ccc21. The Morgan fingerprint density at radius 1 is 1.28 bits per heavy atom. The number of aromatic nitrogens is 2. The van der Waals surface area contributed by atoms with E-state index in [0.717, 1.165) is 30.8 Å². The summed E-state index contributed by atoms with van der Waals surface area (Å²) in [7, 11) is 0. The minimum absolute atomic E-state index is 0.928. The number of benzene rings is 1. The van der Waals surface area contributed by atoms with E-state index in [-0.39, 0.29) is 0 Å². The van der Waals surface area contributed by atoms with Crippen molar-refractivity contribution in [2.24, 2.45) is 0 Å². The van der Waals surface area contributed by atoms with Gasteiger partial charge in [-0.2, -0.15) is 0 Å². The van der Waals surface area contributed by atoms with Crippen LogP contribution >= 0.6 is 11.9 Å². The molecule has 1 aromatic carbocycles. The van der Waals surface area contributed by atoms with Crippen molar-refractivity contribution < 1.29 is 0 Å². The van der Waals surface area contributed by atoms with Crippen molar-refractivity contribution in [3.63, 3.8) is 0 Å². The van der Waals surface area contributed by atoms with E-state index in [2.05, 4.69) is 76.5 Å². The molecule has 3 heterocycles. The standard InChI is InChI=1S/C25H25N3S/c1-3-5-8-21(4-2)29-28-18-23(19-12-15-26-16-13-19)22-17-20(10-11-25(22)28)24-9-6-7-14-27-24/h3-12,14,17-18,26H,1,13,15-16H2,2H3/b8-5-,21-4+. The van der Waals surface area contributed by atoms with Gasteiger partial charge in [-0.05, 0) is 67.8 Å². The summed E-state index contributed by atoms with van der Waals surface area (Å²) in [6, 6.07) is 12.7. The molecule has 1 aliphatic rings. The molecule has 4 heteroatoms. The molecule has 4 rings (SSSR count). The van der Waals surface area contributed by atoms with E-state index in [1.165, 1.54) is 26.9 Å². The van der Waals surface area contributed by atoms with Gasteiger partial charge in [0.05, 0.1) is 11.2 Å². The highest BCUT2D eigenvalue weighted by molar-refractivity contribution is 8.02. The van der Waals surface area contributed by atoms with Crippen LogP contribution in [0, 0.1) is 0 Å². The summed E-state index contributed by atoms with van der Waals surface area (Å²) >= 11 is 1.73. The number of pyridine rings is 1. The molecule has 0 radical (unpaired) electrons. The van der Waals surface area contributed by atoms with Crippen molar-refractivity contribution in [3.8, 4) is 11.3 Å². The minimum atomic E-state index is 0.928. The zero-order valence-corrected chi connectivity index (χ0v) is 17.5. The lowest BCUT2D eigenvalue weighted by molar-refractivity contribution is 0.739. The number of rotatable bonds is 6. The van der Waals surface area contributed by atoms with Gasteiger partial charge in [0.2, 0.25) is 0 Å². The quantitative estimate of drug-likeness (QED) is 0.499. The maximum atomic E-state index is 4.54. The predicted molar refractivity (Wildman–Crippen MR) is 127 cm³/mol. The second kappa shape index (κ2) is 9.12. The molecule has 0 saturated carbocycles. The van der Waals surface area contributed by atoms with Crippen LogP contribution in [0.5, 0.6) is 0 Å². The molecular formula is C25H25N3S. The van der Waals surface area contributed by atoms with E-state index >= 15 is 0 Å². The van der Waals surface area contributed by atoms with E-state index in [0.29, 0.717) is 0 Å². The van der Waals surface area contributed by atoms with Crippen molar-refractivity contribution in [2.75, 3.05) is 13.1 Å². The Balaban J connectivity index is 1.83. The molecule has 0 aliphatic carbocycles. The number of nitrogens with one attached hydrogen (secondary N) is 1. The van der Waals surface area contributed by atoms with Gasteiger partial charge in [-0.1, -0.05) is 43.0 Å². The van der Waals surface area contributed by atoms with Gasteiger partial charge in [0.25, 0.3) is 0 Å². The Morgan fingerprint density at radius 3 is 2.93 bits per heavy atom. The third kappa shape index (κ3) is 4.29. The summed E-state index contributed by atoms with van der Waals surface area (Å²) in [5.74, 6) is 0. The fourth-order valence-electron chi connectivity index (χ4n) is 3.55. The largest absolute Gasteiger partial charge is 0.313 e. The van der Waals surface area contributed by atoms with Gasteiger partial charge in [-0.15, -0.1) is 0 Å². The zero-order chi connectivity index (χ0) is 20.1. The van der Waals surface area contributed by atoms with E-state index in [4.69, 9.17) is 0 Å². The van der Waals surface area contributed by atoms with Crippen LogP contribution in [-0.4, -0.2) is 22.0 Å². The average molecular weight is 400 g/mol. The Morgan fingerprint density at radius 2 is 2.21 bits per heavy atom. The fourth-order valence-corrected chi connectivity index (χ4v) is 4.44. The highest BCUT2D eigenvalue weighted by Crippen LogP contribution is 2.36. The van der Waals surface area contributed by atoms with Crippen LogP contribution in [0.1, 0.15) is 18.9 Å². The van der Waals surface area contributed by atoms with Crippen molar-refractivity contribution in [3.05, 3.63) is 96.2 Å². The van der Waals surface area contributed by atoms with Crippen LogP contribution in [0.2, 0.25) is 0 Å². The molecular weight excluding hydrogens is 374 g/mol. The number of fused-ring (bicyclic) bond motifs is 1. The summed E-state index contributed by atoms with van der Waals surface area (Å²) in [4.78, 5) is 5.72. The first kappa shape index (κ1) is 19.5. The van der Waals surface area contributed by atoms with Gasteiger partial charge < -0.3 is 5.32 Å². The maximum Gasteiger partial charge on any atom is 0.0702 e. The Kier molecular flexibility index (Phi) is 6.13. The third-order valence-electron chi connectivity index (χ3n) is 5.03. The lowest BCUT2D eigenvalue weighted by atomic mass is 9.98. The van der Waals surface area contributed by atoms with Gasteiger partial charge in [0.15, 0.2) is 0 Å². The lowest BCUT2D eigenvalue weighted by Crippen LogP contribution is -2.19. The zero-order valence-electron chi connectivity index (χ0n) is 16.6. The van der Waals surface area contributed by atoms with Crippen molar-refractivity contribution >= 4 is 28.4 Å². The monoisotopic (exact) mass is 399 g/mol. The Labute approximate surface area is 176 Å². The topological polar surface area (TPSA) is 29.9 Å². The highest BCUT2D eigenvalue weighted by Gasteiger charge is 2.16. The summed E-state index contributed by atoms with van der Waals surface area (Å²) in [5, 5.41) is 4.69. The van der Waals surface area contributed by atoms with Gasteiger partial charge in [0.1, 0.15) is 0 Å². The molecule has 0 atom stereocenters. The molecule has 0 saturated heterocycles. The molecule has 0 bridgehead atoms. The summed E-state index contributed by atoms with van der Waals surface area (Å²) in [6.07, 6.45) is 15.5. The molecule has 3 aromatic rings. The molecule has 0 fully saturated rings. The Hall–Kier alpha value is -2.82. The highest BCUT2D eigenvalue weighted by atomic mass is 32.2. The second-order valence-electron chi connectivity index (χ2n) is 6.88. The molecule has 1 N–H and O–H groups in total. The van der Waals surface area contributed by atoms with E-state index < -0.39 is 0 Å². The molecule has 3 nitrogen and oxygen atoms in total. The van der Waals surface area contributed by atoms with Crippen LogP contribution in [0.3, 0.4) is 0 Å². The normalized spacial score (nSPS) is 15.1. The molecule has 1 aliphatic heterocycles. The molecule has 2 aromatic heterocycles. The Bertz CT molecular complexity index is 1100. The van der Waals surface area contributed by atoms with Crippen LogP contribution in [0.25, 0.3) is 27.7 Å². The molecule has 146 valence electrons. The fraction of sp³-hybridized carbons (Fsp3) is 0.160. The first-order chi connectivity index (χ1) is 14.3. The molecule has 0 unspecified atom stereocenters. The van der Waals surface area contributed by atoms with Gasteiger partial charge in [-0.25, -0.2) is 0 Å². The van der Waals surface area contributed by atoms with Crippen LogP contribution < -0.4 is 5.32 Å². The van der Waals surface area contributed by atoms with Gasteiger partial charge >= 0.3 is 0 Å². The second-order valence-corrected chi connectivity index (χ2v) is 7.92. The first-order valence-corrected chi connectivity index (χ1v) is 10.7. The van der Waals surface area contributed by atoms with Gasteiger partial charge in [-0.3, -0.25) is 8.96 Å². The van der Waals surface area contributed by atoms with E-state index in [1.807, 2.05) is 30.5 Å². The van der Waals surface area contributed by atoms with Crippen LogP contribution in [0.15, 0.2) is 90.7 Å². The summed E-state index contributed by atoms with van der Waals surface area (Å²) in [6.45, 7) is 7.79. The first-order valence-electron chi connectivity index (χ1n) is 9.90. The van der Waals surface area contributed by atoms with E-state index in [9.17, 15) is 0 Å². The lowest BCUT2D eigenvalue weighted by Gasteiger charge is -2.13. The molecule has 29 heavy (non-hydrogen) atoms. The number of nitrogens with zero attached hydrogens (tertiary/aromatic N) is 2. The smallest absolute Gasteiger partial charge is 0.0702 e. The molecule has 0 spiro atoms. The molecule has 0 amide bonds. The number of hydrogen-bond acceptors (Lipinski definition) is 3. The van der Waals surface area contributed by atoms with Gasteiger partial charge in [0, 0.05) is 40.4 Å². The average Bonchev–Trinajstić information content (AvgIpc) is 3.15. The summed E-state index contributed by atoms with van der Waals surface area (Å²) in [5.41, 5.74) is 6.10. The van der Waals surface area contributed by atoms with Crippen molar-refractivity contribution in [1.82, 2.24) is 14.3 Å². The number of allylic oxidation sites excluding steroid dienone is 4. The predicted octanol–water partition coefficient (Wildman–Crippen LogP) is 6.22. The van der Waals surface area contributed by atoms with Crippen molar-refractivity contribution in [2.45, 2.75) is 13.3 Å².